The number of nitrogens with zero attached hydrogens (tertiary/aromatic N) is 6. The van der Waals surface area contributed by atoms with Crippen LogP contribution in [0.2, 0.25) is 0 Å². The third kappa shape index (κ3) is 5.16. The molecule has 1 N–H and O–H groups in total. The van der Waals surface area contributed by atoms with Gasteiger partial charge in [-0.15, -0.1) is 0 Å². The van der Waals surface area contributed by atoms with E-state index in [0.29, 0.717) is 12.2 Å². The maximum atomic E-state index is 6.05. The molecule has 0 amide bonds. The van der Waals surface area contributed by atoms with Gasteiger partial charge in [-0.2, -0.15) is 5.10 Å². The topological polar surface area (TPSA) is 92.7 Å². The van der Waals surface area contributed by atoms with Crippen LogP contribution in [0.25, 0.3) is 11.4 Å². The smallest absolute Gasteiger partial charge is 0.161 e. The van der Waals surface area contributed by atoms with Crippen molar-refractivity contribution in [3.8, 4) is 17.1 Å². The average Bonchev–Trinajstić information content (AvgIpc) is 3.24. The van der Waals surface area contributed by atoms with Gasteiger partial charge in [0.2, 0.25) is 0 Å². The molecule has 1 aliphatic rings. The van der Waals surface area contributed by atoms with Crippen LogP contribution in [0.1, 0.15) is 35.6 Å². The van der Waals surface area contributed by atoms with Crippen molar-refractivity contribution in [3.63, 3.8) is 0 Å². The van der Waals surface area contributed by atoms with E-state index in [1.807, 2.05) is 44.3 Å². The minimum absolute atomic E-state index is 0.210. The van der Waals surface area contributed by atoms with Gasteiger partial charge >= 0.3 is 0 Å². The molecular formula is C25H27N7O. The Bertz CT molecular complexity index is 1200. The number of aryl methyl sites for hydroxylation is 2. The number of aromatic nitrogens is 6. The number of piperidine rings is 1. The Balaban J connectivity index is 1.23. The van der Waals surface area contributed by atoms with Crippen LogP contribution in [0.3, 0.4) is 0 Å². The van der Waals surface area contributed by atoms with E-state index in [9.17, 15) is 0 Å². The SMILES string of the molecule is Cc1cc(Cc2cc(C)[nH]n2)nc(-c2ccc(N3CCC(Oc4cccnc4)CC3)nc2)n1. The normalized spacial score (nSPS) is 14.4. The zero-order chi connectivity index (χ0) is 22.6. The summed E-state index contributed by atoms with van der Waals surface area (Å²) in [4.78, 5) is 20.5. The lowest BCUT2D eigenvalue weighted by molar-refractivity contribution is 0.170. The predicted molar refractivity (Wildman–Crippen MR) is 126 cm³/mol. The highest BCUT2D eigenvalue weighted by Gasteiger charge is 2.21. The first-order valence-corrected chi connectivity index (χ1v) is 11.3. The summed E-state index contributed by atoms with van der Waals surface area (Å²) in [6.45, 7) is 5.80. The molecule has 0 aliphatic carbocycles. The quantitative estimate of drug-likeness (QED) is 0.485. The summed E-state index contributed by atoms with van der Waals surface area (Å²) in [5.41, 5.74) is 4.81. The highest BCUT2D eigenvalue weighted by Crippen LogP contribution is 2.24. The van der Waals surface area contributed by atoms with E-state index in [0.717, 1.165) is 65.8 Å². The second kappa shape index (κ2) is 9.36. The molecule has 8 nitrogen and oxygen atoms in total. The van der Waals surface area contributed by atoms with Gasteiger partial charge in [0, 0.05) is 61.7 Å². The van der Waals surface area contributed by atoms with Crippen molar-refractivity contribution in [3.05, 3.63) is 77.8 Å². The molecule has 4 aromatic heterocycles. The predicted octanol–water partition coefficient (Wildman–Crippen LogP) is 3.91. The van der Waals surface area contributed by atoms with Crippen LogP contribution >= 0.6 is 0 Å². The summed E-state index contributed by atoms with van der Waals surface area (Å²) in [5.74, 6) is 2.50. The standard InChI is InChI=1S/C25H27N7O/c1-17-12-20(14-21-13-18(2)30-31-21)29-25(28-17)19-5-6-24(27-15-19)32-10-7-22(8-11-32)33-23-4-3-9-26-16-23/h3-6,9,12-13,15-16,22H,7-8,10-11,14H2,1-2H3,(H,30,31). The number of nitrogens with one attached hydrogen (secondary N) is 1. The van der Waals surface area contributed by atoms with E-state index in [1.165, 1.54) is 0 Å². The first-order chi connectivity index (χ1) is 16.1. The number of aromatic amines is 1. The molecule has 8 heteroatoms. The van der Waals surface area contributed by atoms with Crippen molar-refractivity contribution >= 4 is 5.82 Å². The molecular weight excluding hydrogens is 414 g/mol. The van der Waals surface area contributed by atoms with E-state index in [1.54, 1.807) is 12.4 Å². The van der Waals surface area contributed by atoms with Gasteiger partial charge in [0.1, 0.15) is 17.7 Å². The zero-order valence-electron chi connectivity index (χ0n) is 18.9. The summed E-state index contributed by atoms with van der Waals surface area (Å²) in [6.07, 6.45) is 8.18. The molecule has 5 heterocycles. The highest BCUT2D eigenvalue weighted by atomic mass is 16.5. The molecule has 5 rings (SSSR count). The molecule has 0 atom stereocenters. The molecule has 0 spiro atoms. The Morgan fingerprint density at radius 3 is 2.61 bits per heavy atom. The van der Waals surface area contributed by atoms with Crippen LogP contribution in [0.4, 0.5) is 5.82 Å². The molecule has 0 unspecified atom stereocenters. The van der Waals surface area contributed by atoms with E-state index in [2.05, 4.69) is 37.2 Å². The second-order valence-corrected chi connectivity index (χ2v) is 8.44. The largest absolute Gasteiger partial charge is 0.489 e. The summed E-state index contributed by atoms with van der Waals surface area (Å²) in [5, 5.41) is 7.30. The van der Waals surface area contributed by atoms with Gasteiger partial charge in [-0.05, 0) is 50.2 Å². The first-order valence-electron chi connectivity index (χ1n) is 11.3. The maximum Gasteiger partial charge on any atom is 0.161 e. The zero-order valence-corrected chi connectivity index (χ0v) is 18.9. The van der Waals surface area contributed by atoms with Crippen LogP contribution in [-0.2, 0) is 6.42 Å². The molecule has 1 aliphatic heterocycles. The Hall–Kier alpha value is -3.81. The van der Waals surface area contributed by atoms with Gasteiger partial charge < -0.3 is 9.64 Å². The van der Waals surface area contributed by atoms with Crippen molar-refractivity contribution in [1.29, 1.82) is 0 Å². The van der Waals surface area contributed by atoms with Crippen molar-refractivity contribution in [2.75, 3.05) is 18.0 Å². The van der Waals surface area contributed by atoms with E-state index < -0.39 is 0 Å². The van der Waals surface area contributed by atoms with Crippen LogP contribution < -0.4 is 9.64 Å². The van der Waals surface area contributed by atoms with Gasteiger partial charge in [0.25, 0.3) is 0 Å². The van der Waals surface area contributed by atoms with Gasteiger partial charge in [0.05, 0.1) is 17.6 Å². The van der Waals surface area contributed by atoms with Crippen LogP contribution in [0.15, 0.2) is 55.0 Å². The van der Waals surface area contributed by atoms with Gasteiger partial charge in [-0.25, -0.2) is 15.0 Å². The van der Waals surface area contributed by atoms with Crippen molar-refractivity contribution in [2.45, 2.75) is 39.2 Å². The second-order valence-electron chi connectivity index (χ2n) is 8.44. The minimum Gasteiger partial charge on any atom is -0.489 e. The number of hydrogen-bond acceptors (Lipinski definition) is 7. The summed E-state index contributed by atoms with van der Waals surface area (Å²) >= 11 is 0. The molecule has 1 fully saturated rings. The third-order valence-electron chi connectivity index (χ3n) is 5.74. The fourth-order valence-corrected chi connectivity index (χ4v) is 4.12. The number of rotatable bonds is 6. The van der Waals surface area contributed by atoms with Crippen molar-refractivity contribution in [1.82, 2.24) is 30.1 Å². The lowest BCUT2D eigenvalue weighted by Gasteiger charge is -2.32. The maximum absolute atomic E-state index is 6.05. The average molecular weight is 442 g/mol. The summed E-state index contributed by atoms with van der Waals surface area (Å²) in [6, 6.07) is 12.0. The lowest BCUT2D eigenvalue weighted by Crippen LogP contribution is -2.38. The lowest BCUT2D eigenvalue weighted by atomic mass is 10.1. The molecule has 0 bridgehead atoms. The Morgan fingerprint density at radius 2 is 1.91 bits per heavy atom. The first kappa shape index (κ1) is 21.1. The van der Waals surface area contributed by atoms with Crippen molar-refractivity contribution < 1.29 is 4.74 Å². The number of ether oxygens (including phenoxy) is 1. The minimum atomic E-state index is 0.210. The molecule has 33 heavy (non-hydrogen) atoms. The highest BCUT2D eigenvalue weighted by molar-refractivity contribution is 5.57. The molecule has 0 saturated carbocycles. The Morgan fingerprint density at radius 1 is 1.03 bits per heavy atom. The molecule has 0 radical (unpaired) electrons. The molecule has 4 aromatic rings. The van der Waals surface area contributed by atoms with E-state index in [-0.39, 0.29) is 6.10 Å². The monoisotopic (exact) mass is 441 g/mol. The fraction of sp³-hybridized carbons (Fsp3) is 0.320. The summed E-state index contributed by atoms with van der Waals surface area (Å²) < 4.78 is 6.05. The Kier molecular flexibility index (Phi) is 5.97. The number of pyridine rings is 2. The van der Waals surface area contributed by atoms with Gasteiger partial charge in [-0.3, -0.25) is 10.1 Å². The number of hydrogen-bond donors (Lipinski definition) is 1. The van der Waals surface area contributed by atoms with E-state index >= 15 is 0 Å². The summed E-state index contributed by atoms with van der Waals surface area (Å²) in [7, 11) is 0. The van der Waals surface area contributed by atoms with E-state index in [4.69, 9.17) is 14.7 Å². The third-order valence-corrected chi connectivity index (χ3v) is 5.74. The Labute approximate surface area is 193 Å². The fourth-order valence-electron chi connectivity index (χ4n) is 4.12. The number of anilines is 1. The van der Waals surface area contributed by atoms with Gasteiger partial charge in [0.15, 0.2) is 5.82 Å². The molecule has 0 aromatic carbocycles. The van der Waals surface area contributed by atoms with Crippen LogP contribution in [-0.4, -0.2) is 49.3 Å². The van der Waals surface area contributed by atoms with Crippen molar-refractivity contribution in [2.24, 2.45) is 0 Å². The van der Waals surface area contributed by atoms with Crippen LogP contribution in [0.5, 0.6) is 5.75 Å². The molecule has 1 saturated heterocycles. The van der Waals surface area contributed by atoms with Gasteiger partial charge in [-0.1, -0.05) is 0 Å². The number of H-pyrrole nitrogens is 1. The molecule has 168 valence electrons. The van der Waals surface area contributed by atoms with Crippen LogP contribution in [0, 0.1) is 13.8 Å².